The summed E-state index contributed by atoms with van der Waals surface area (Å²) in [7, 11) is 1.78. The van der Waals surface area contributed by atoms with Gasteiger partial charge in [-0.15, -0.1) is 0 Å². The van der Waals surface area contributed by atoms with Crippen LogP contribution in [-0.2, 0) is 11.2 Å². The molecule has 1 rings (SSSR count). The Morgan fingerprint density at radius 1 is 1.16 bits per heavy atom. The predicted molar refractivity (Wildman–Crippen MR) is 82.5 cm³/mol. The Morgan fingerprint density at radius 2 is 1.84 bits per heavy atom. The number of hydrogen-bond donors (Lipinski definition) is 1. The summed E-state index contributed by atoms with van der Waals surface area (Å²) in [4.78, 5) is 0. The van der Waals surface area contributed by atoms with Gasteiger partial charge in [-0.05, 0) is 58.1 Å². The molecule has 0 fully saturated rings. The first-order valence-electron chi connectivity index (χ1n) is 7.29. The molecule has 0 saturated carbocycles. The van der Waals surface area contributed by atoms with E-state index in [4.69, 9.17) is 4.74 Å². The minimum atomic E-state index is 0.191. The van der Waals surface area contributed by atoms with E-state index in [0.29, 0.717) is 5.92 Å². The highest BCUT2D eigenvalue weighted by Gasteiger charge is 2.14. The summed E-state index contributed by atoms with van der Waals surface area (Å²) in [6.07, 6.45) is 3.50. The van der Waals surface area contributed by atoms with Crippen LogP contribution in [0.1, 0.15) is 39.2 Å². The number of nitrogens with one attached hydrogen (secondary N) is 1. The van der Waals surface area contributed by atoms with Crippen molar-refractivity contribution in [2.45, 2.75) is 45.6 Å². The van der Waals surface area contributed by atoms with Crippen molar-refractivity contribution in [1.29, 1.82) is 0 Å². The van der Waals surface area contributed by atoms with Gasteiger partial charge in [0, 0.05) is 19.3 Å². The summed E-state index contributed by atoms with van der Waals surface area (Å²) in [5.41, 5.74) is 1.62. The Labute approximate surface area is 118 Å². The maximum absolute atomic E-state index is 5.17. The molecule has 0 aliphatic carbocycles. The zero-order chi connectivity index (χ0) is 14.1. The normalized spacial score (nSPS) is 13.5. The van der Waals surface area contributed by atoms with Gasteiger partial charge in [-0.3, -0.25) is 0 Å². The van der Waals surface area contributed by atoms with Gasteiger partial charge < -0.3 is 10.1 Å². The zero-order valence-corrected chi connectivity index (χ0v) is 12.9. The molecule has 1 aromatic rings. The Kier molecular flexibility index (Phi) is 7.11. The standard InChI is InChI=1S/C17H29NO/c1-17(2,3)18-14-16(11-8-12-19-4)13-15-9-6-5-7-10-15/h5-7,9-10,16,18H,8,11-14H2,1-4H3. The highest BCUT2D eigenvalue weighted by molar-refractivity contribution is 5.15. The summed E-state index contributed by atoms with van der Waals surface area (Å²) in [6, 6.07) is 10.8. The van der Waals surface area contributed by atoms with E-state index in [-0.39, 0.29) is 5.54 Å². The van der Waals surface area contributed by atoms with E-state index >= 15 is 0 Å². The molecule has 19 heavy (non-hydrogen) atoms. The van der Waals surface area contributed by atoms with Gasteiger partial charge in [0.15, 0.2) is 0 Å². The fourth-order valence-corrected chi connectivity index (χ4v) is 2.19. The number of benzene rings is 1. The van der Waals surface area contributed by atoms with E-state index in [0.717, 1.165) is 26.0 Å². The Bertz CT molecular complexity index is 329. The fraction of sp³-hybridized carbons (Fsp3) is 0.647. The summed E-state index contributed by atoms with van der Waals surface area (Å²) in [5.74, 6) is 0.678. The monoisotopic (exact) mass is 263 g/mol. The van der Waals surface area contributed by atoms with Crippen molar-refractivity contribution < 1.29 is 4.74 Å². The predicted octanol–water partition coefficient (Wildman–Crippen LogP) is 3.66. The lowest BCUT2D eigenvalue weighted by Gasteiger charge is -2.25. The first kappa shape index (κ1) is 16.2. The molecule has 2 heteroatoms. The van der Waals surface area contributed by atoms with Gasteiger partial charge in [-0.2, -0.15) is 0 Å². The van der Waals surface area contributed by atoms with Gasteiger partial charge in [0.2, 0.25) is 0 Å². The van der Waals surface area contributed by atoms with Crippen molar-refractivity contribution in [1.82, 2.24) is 5.32 Å². The van der Waals surface area contributed by atoms with Gasteiger partial charge in [0.1, 0.15) is 0 Å². The SMILES string of the molecule is COCCCC(CNC(C)(C)C)Cc1ccccc1. The third-order valence-electron chi connectivity index (χ3n) is 3.25. The van der Waals surface area contributed by atoms with Crippen molar-refractivity contribution in [2.24, 2.45) is 5.92 Å². The lowest BCUT2D eigenvalue weighted by atomic mass is 9.93. The number of methoxy groups -OCH3 is 1. The van der Waals surface area contributed by atoms with Crippen molar-refractivity contribution >= 4 is 0 Å². The number of ether oxygens (including phenoxy) is 1. The second-order valence-corrected chi connectivity index (χ2v) is 6.32. The van der Waals surface area contributed by atoms with Gasteiger partial charge in [0.25, 0.3) is 0 Å². The van der Waals surface area contributed by atoms with E-state index < -0.39 is 0 Å². The number of rotatable bonds is 8. The molecule has 0 spiro atoms. The number of hydrogen-bond acceptors (Lipinski definition) is 2. The van der Waals surface area contributed by atoms with Crippen LogP contribution in [0.5, 0.6) is 0 Å². The topological polar surface area (TPSA) is 21.3 Å². The second kappa shape index (κ2) is 8.34. The molecule has 0 bridgehead atoms. The van der Waals surface area contributed by atoms with E-state index in [1.807, 2.05) is 0 Å². The van der Waals surface area contributed by atoms with Crippen molar-refractivity contribution in [3.8, 4) is 0 Å². The Balaban J connectivity index is 2.48. The summed E-state index contributed by atoms with van der Waals surface area (Å²) in [6.45, 7) is 8.61. The average molecular weight is 263 g/mol. The van der Waals surface area contributed by atoms with Crippen LogP contribution < -0.4 is 5.32 Å². The quantitative estimate of drug-likeness (QED) is 0.723. The van der Waals surface area contributed by atoms with E-state index in [9.17, 15) is 0 Å². The minimum Gasteiger partial charge on any atom is -0.385 e. The van der Waals surface area contributed by atoms with E-state index in [1.165, 1.54) is 12.0 Å². The molecule has 108 valence electrons. The molecule has 0 radical (unpaired) electrons. The second-order valence-electron chi connectivity index (χ2n) is 6.32. The minimum absolute atomic E-state index is 0.191. The lowest BCUT2D eigenvalue weighted by Crippen LogP contribution is -2.39. The summed E-state index contributed by atoms with van der Waals surface area (Å²) in [5, 5.41) is 3.63. The molecule has 0 amide bonds. The van der Waals surface area contributed by atoms with Crippen LogP contribution in [0, 0.1) is 5.92 Å². The largest absolute Gasteiger partial charge is 0.385 e. The molecular formula is C17H29NO. The average Bonchev–Trinajstić information content (AvgIpc) is 2.36. The van der Waals surface area contributed by atoms with Crippen LogP contribution in [0.25, 0.3) is 0 Å². The highest BCUT2D eigenvalue weighted by atomic mass is 16.5. The highest BCUT2D eigenvalue weighted by Crippen LogP contribution is 2.15. The van der Waals surface area contributed by atoms with Crippen LogP contribution >= 0.6 is 0 Å². The Morgan fingerprint density at radius 3 is 2.42 bits per heavy atom. The first-order valence-corrected chi connectivity index (χ1v) is 7.29. The van der Waals surface area contributed by atoms with E-state index in [2.05, 4.69) is 56.4 Å². The van der Waals surface area contributed by atoms with Crippen LogP contribution in [0.15, 0.2) is 30.3 Å². The maximum Gasteiger partial charge on any atom is 0.0462 e. The molecule has 2 nitrogen and oxygen atoms in total. The summed E-state index contributed by atoms with van der Waals surface area (Å²) < 4.78 is 5.17. The molecule has 0 aliphatic heterocycles. The van der Waals surface area contributed by atoms with E-state index in [1.54, 1.807) is 7.11 Å². The third kappa shape index (κ3) is 8.02. The van der Waals surface area contributed by atoms with Crippen LogP contribution in [0.2, 0.25) is 0 Å². The molecule has 0 saturated heterocycles. The molecule has 1 atom stereocenters. The van der Waals surface area contributed by atoms with Crippen LogP contribution in [0.3, 0.4) is 0 Å². The first-order chi connectivity index (χ1) is 9.01. The molecule has 0 aromatic heterocycles. The van der Waals surface area contributed by atoms with Crippen LogP contribution in [0.4, 0.5) is 0 Å². The molecule has 1 aromatic carbocycles. The van der Waals surface area contributed by atoms with Crippen molar-refractivity contribution in [3.63, 3.8) is 0 Å². The van der Waals surface area contributed by atoms with Crippen LogP contribution in [-0.4, -0.2) is 25.8 Å². The molecule has 0 aliphatic rings. The third-order valence-corrected chi connectivity index (χ3v) is 3.25. The van der Waals surface area contributed by atoms with Gasteiger partial charge in [-0.1, -0.05) is 30.3 Å². The molecular weight excluding hydrogens is 234 g/mol. The smallest absolute Gasteiger partial charge is 0.0462 e. The molecule has 1 unspecified atom stereocenters. The summed E-state index contributed by atoms with van der Waals surface area (Å²) >= 11 is 0. The Hall–Kier alpha value is -0.860. The molecule has 1 N–H and O–H groups in total. The van der Waals surface area contributed by atoms with Gasteiger partial charge in [-0.25, -0.2) is 0 Å². The fourth-order valence-electron chi connectivity index (χ4n) is 2.19. The van der Waals surface area contributed by atoms with Crippen molar-refractivity contribution in [2.75, 3.05) is 20.3 Å². The lowest BCUT2D eigenvalue weighted by molar-refractivity contribution is 0.185. The van der Waals surface area contributed by atoms with Gasteiger partial charge >= 0.3 is 0 Å². The van der Waals surface area contributed by atoms with Crippen molar-refractivity contribution in [3.05, 3.63) is 35.9 Å². The maximum atomic E-state index is 5.17. The molecule has 0 heterocycles. The van der Waals surface area contributed by atoms with Gasteiger partial charge in [0.05, 0.1) is 0 Å². The zero-order valence-electron chi connectivity index (χ0n) is 12.9.